The Bertz CT molecular complexity index is 338. The van der Waals surface area contributed by atoms with Gasteiger partial charge in [-0.1, -0.05) is 110 Å². The molecule has 0 aliphatic carbocycles. The fourth-order valence-electron chi connectivity index (χ4n) is 3.60. The van der Waals surface area contributed by atoms with Crippen molar-refractivity contribution in [2.45, 2.75) is 129 Å². The van der Waals surface area contributed by atoms with Gasteiger partial charge in [0.25, 0.3) is 0 Å². The van der Waals surface area contributed by atoms with Crippen molar-refractivity contribution < 1.29 is 14.7 Å². The first kappa shape index (κ1) is 25.1. The molecule has 0 saturated heterocycles. The van der Waals surface area contributed by atoms with Gasteiger partial charge in [0.05, 0.1) is 5.92 Å². The van der Waals surface area contributed by atoms with Crippen molar-refractivity contribution >= 4 is 11.8 Å². The predicted molar refractivity (Wildman–Crippen MR) is 111 cm³/mol. The van der Waals surface area contributed by atoms with Gasteiger partial charge in [0.2, 0.25) is 0 Å². The third-order valence-corrected chi connectivity index (χ3v) is 5.29. The van der Waals surface area contributed by atoms with Crippen LogP contribution in [0.5, 0.6) is 0 Å². The van der Waals surface area contributed by atoms with E-state index < -0.39 is 11.9 Å². The van der Waals surface area contributed by atoms with Crippen LogP contribution in [0.3, 0.4) is 0 Å². The third kappa shape index (κ3) is 17.9. The van der Waals surface area contributed by atoms with Crippen LogP contribution in [0.4, 0.5) is 0 Å². The minimum atomic E-state index is -0.818. The number of aliphatic carboxylic acids is 1. The molecule has 0 saturated carbocycles. The maximum Gasteiger partial charge on any atom is 0.306 e. The van der Waals surface area contributed by atoms with E-state index in [9.17, 15) is 9.59 Å². The van der Waals surface area contributed by atoms with Crippen LogP contribution in [0.15, 0.2) is 0 Å². The lowest BCUT2D eigenvalue weighted by Crippen LogP contribution is -2.16. The van der Waals surface area contributed by atoms with E-state index in [0.717, 1.165) is 12.8 Å². The zero-order valence-corrected chi connectivity index (χ0v) is 17.6. The highest BCUT2D eigenvalue weighted by molar-refractivity contribution is 5.81. The molecule has 0 radical (unpaired) electrons. The van der Waals surface area contributed by atoms with Crippen molar-refractivity contribution in [2.24, 2.45) is 5.92 Å². The lowest BCUT2D eigenvalue weighted by molar-refractivity contribution is -0.143. The average molecular weight is 369 g/mol. The molecule has 0 spiro atoms. The number of hydrogen-bond acceptors (Lipinski definition) is 2. The van der Waals surface area contributed by atoms with Gasteiger partial charge >= 0.3 is 5.97 Å². The van der Waals surface area contributed by atoms with E-state index in [4.69, 9.17) is 5.11 Å². The molecule has 0 aromatic rings. The van der Waals surface area contributed by atoms with Crippen LogP contribution in [0, 0.1) is 5.92 Å². The normalized spacial score (nSPS) is 12.2. The molecule has 0 heterocycles. The van der Waals surface area contributed by atoms with Gasteiger partial charge in [0, 0.05) is 6.42 Å². The van der Waals surface area contributed by atoms with Gasteiger partial charge < -0.3 is 9.90 Å². The van der Waals surface area contributed by atoms with Crippen LogP contribution >= 0.6 is 0 Å². The summed E-state index contributed by atoms with van der Waals surface area (Å²) < 4.78 is 0. The van der Waals surface area contributed by atoms with Crippen LogP contribution in [0.1, 0.15) is 129 Å². The SMILES string of the molecule is CCCCCCCCCCCCCCCCCCC(CC(C)=O)C(=O)O. The molecule has 0 aliphatic heterocycles. The first-order chi connectivity index (χ1) is 12.6. The van der Waals surface area contributed by atoms with Crippen molar-refractivity contribution in [3.63, 3.8) is 0 Å². The summed E-state index contributed by atoms with van der Waals surface area (Å²) >= 11 is 0. The van der Waals surface area contributed by atoms with Gasteiger partial charge in [0.15, 0.2) is 0 Å². The molecule has 0 fully saturated rings. The Morgan fingerprint density at radius 3 is 1.31 bits per heavy atom. The molecule has 0 amide bonds. The molecule has 3 nitrogen and oxygen atoms in total. The van der Waals surface area contributed by atoms with Crippen LogP contribution < -0.4 is 0 Å². The molecule has 0 bridgehead atoms. The van der Waals surface area contributed by atoms with Crippen LogP contribution in [0.25, 0.3) is 0 Å². The maximum absolute atomic E-state index is 11.1. The molecule has 1 unspecified atom stereocenters. The summed E-state index contributed by atoms with van der Waals surface area (Å²) in [5, 5.41) is 9.10. The monoisotopic (exact) mass is 368 g/mol. The molecule has 1 N–H and O–H groups in total. The van der Waals surface area contributed by atoms with E-state index in [0.29, 0.717) is 6.42 Å². The number of carboxylic acid groups (broad SMARTS) is 1. The molecule has 1 atom stereocenters. The summed E-state index contributed by atoms with van der Waals surface area (Å²) in [6, 6.07) is 0. The second-order valence-electron chi connectivity index (χ2n) is 8.03. The predicted octanol–water partition coefficient (Wildman–Crippen LogP) is 7.32. The number of hydrogen-bond donors (Lipinski definition) is 1. The molecule has 0 aromatic heterocycles. The summed E-state index contributed by atoms with van der Waals surface area (Å²) in [7, 11) is 0. The highest BCUT2D eigenvalue weighted by Gasteiger charge is 2.18. The topological polar surface area (TPSA) is 54.4 Å². The highest BCUT2D eigenvalue weighted by Crippen LogP contribution is 2.17. The molecule has 0 rings (SSSR count). The lowest BCUT2D eigenvalue weighted by Gasteiger charge is -2.10. The highest BCUT2D eigenvalue weighted by atomic mass is 16.4. The number of carbonyl (C=O) groups is 2. The Labute approximate surface area is 162 Å². The number of ketones is 1. The van der Waals surface area contributed by atoms with Crippen molar-refractivity contribution in [3.8, 4) is 0 Å². The van der Waals surface area contributed by atoms with E-state index in [1.54, 1.807) is 0 Å². The molecule has 154 valence electrons. The number of unbranched alkanes of at least 4 members (excludes halogenated alkanes) is 15. The summed E-state index contributed by atoms with van der Waals surface area (Å²) in [5.74, 6) is -1.31. The quantitative estimate of drug-likeness (QED) is 0.229. The summed E-state index contributed by atoms with van der Waals surface area (Å²) in [6.07, 6.45) is 22.0. The molecule has 26 heavy (non-hydrogen) atoms. The van der Waals surface area contributed by atoms with Crippen molar-refractivity contribution in [1.82, 2.24) is 0 Å². The summed E-state index contributed by atoms with van der Waals surface area (Å²) in [4.78, 5) is 22.1. The van der Waals surface area contributed by atoms with E-state index in [2.05, 4.69) is 6.92 Å². The van der Waals surface area contributed by atoms with Crippen LogP contribution in [0.2, 0.25) is 0 Å². The smallest absolute Gasteiger partial charge is 0.306 e. The van der Waals surface area contributed by atoms with Gasteiger partial charge in [-0.05, 0) is 13.3 Å². The van der Waals surface area contributed by atoms with Gasteiger partial charge in [-0.3, -0.25) is 4.79 Å². The Hall–Kier alpha value is -0.860. The lowest BCUT2D eigenvalue weighted by atomic mass is 9.95. The van der Waals surface area contributed by atoms with E-state index in [1.807, 2.05) is 0 Å². The van der Waals surface area contributed by atoms with Crippen molar-refractivity contribution in [2.75, 3.05) is 0 Å². The zero-order valence-electron chi connectivity index (χ0n) is 17.6. The average Bonchev–Trinajstić information content (AvgIpc) is 2.59. The van der Waals surface area contributed by atoms with Gasteiger partial charge in [-0.2, -0.15) is 0 Å². The van der Waals surface area contributed by atoms with Crippen LogP contribution in [-0.2, 0) is 9.59 Å². The Balaban J connectivity index is 3.26. The Kier molecular flexibility index (Phi) is 18.3. The fourth-order valence-corrected chi connectivity index (χ4v) is 3.60. The fraction of sp³-hybridized carbons (Fsp3) is 0.913. The first-order valence-corrected chi connectivity index (χ1v) is 11.3. The summed E-state index contributed by atoms with van der Waals surface area (Å²) in [5.41, 5.74) is 0. The Morgan fingerprint density at radius 2 is 1.00 bits per heavy atom. The van der Waals surface area contributed by atoms with E-state index in [1.165, 1.54) is 96.8 Å². The third-order valence-electron chi connectivity index (χ3n) is 5.29. The van der Waals surface area contributed by atoms with Gasteiger partial charge in [0.1, 0.15) is 5.78 Å². The minimum Gasteiger partial charge on any atom is -0.481 e. The largest absolute Gasteiger partial charge is 0.481 e. The van der Waals surface area contributed by atoms with Crippen molar-refractivity contribution in [1.29, 1.82) is 0 Å². The number of carbonyl (C=O) groups excluding carboxylic acids is 1. The molecule has 3 heteroatoms. The standard InChI is InChI=1S/C23H44O3/c1-3-4-5-6-7-8-9-10-11-12-13-14-15-16-17-18-19-22(23(25)26)20-21(2)24/h22H,3-20H2,1-2H3,(H,25,26). The maximum atomic E-state index is 11.1. The number of carboxylic acids is 1. The van der Waals surface area contributed by atoms with Gasteiger partial charge in [-0.15, -0.1) is 0 Å². The Morgan fingerprint density at radius 1 is 0.654 bits per heavy atom. The van der Waals surface area contributed by atoms with Gasteiger partial charge in [-0.25, -0.2) is 0 Å². The molecule has 0 aliphatic rings. The molecular weight excluding hydrogens is 324 g/mol. The summed E-state index contributed by atoms with van der Waals surface area (Å²) in [6.45, 7) is 3.75. The minimum absolute atomic E-state index is 0.0195. The number of Topliss-reactive ketones (excluding diaryl/α,β-unsaturated/α-hetero) is 1. The van der Waals surface area contributed by atoms with E-state index in [-0.39, 0.29) is 12.2 Å². The van der Waals surface area contributed by atoms with E-state index >= 15 is 0 Å². The first-order valence-electron chi connectivity index (χ1n) is 11.3. The molecular formula is C23H44O3. The van der Waals surface area contributed by atoms with Crippen LogP contribution in [-0.4, -0.2) is 16.9 Å². The molecule has 0 aromatic carbocycles. The second-order valence-corrected chi connectivity index (χ2v) is 8.03. The van der Waals surface area contributed by atoms with Crippen molar-refractivity contribution in [3.05, 3.63) is 0 Å². The zero-order chi connectivity index (χ0) is 19.5. The number of rotatable bonds is 20. The second kappa shape index (κ2) is 18.9.